The normalized spacial score (nSPS) is 23.8. The molecule has 9 aliphatic rings. The Kier molecular flexibility index (Phi) is 19.1. The lowest BCUT2D eigenvalue weighted by Gasteiger charge is -2.49. The van der Waals surface area contributed by atoms with Crippen LogP contribution >= 0.6 is 0 Å². The third-order valence-corrected chi connectivity index (χ3v) is 24.7. The summed E-state index contributed by atoms with van der Waals surface area (Å²) >= 11 is 0. The van der Waals surface area contributed by atoms with E-state index in [1.54, 1.807) is 26.5 Å². The lowest BCUT2D eigenvalue weighted by molar-refractivity contribution is -0.128. The maximum atomic E-state index is 15.5. The first kappa shape index (κ1) is 71.4. The van der Waals surface area contributed by atoms with Crippen LogP contribution in [0.2, 0.25) is 0 Å². The average Bonchev–Trinajstić information content (AvgIpc) is 1.56. The Morgan fingerprint density at radius 1 is 0.538 bits per heavy atom. The van der Waals surface area contributed by atoms with Crippen LogP contribution in [0.4, 0.5) is 28.9 Å². The van der Waals surface area contributed by atoms with Crippen LogP contribution in [0.5, 0.6) is 23.3 Å². The number of rotatable bonds is 15. The van der Waals surface area contributed by atoms with Crippen LogP contribution in [-0.2, 0) is 25.2 Å². The number of benzene rings is 4. The Balaban J connectivity index is 0.000000163. The number of hydrogen-bond acceptors (Lipinski definition) is 14. The second kappa shape index (κ2) is 28.4. The molecular weight excluding hydrogens is 1350 g/mol. The molecule has 106 heavy (non-hydrogen) atoms. The fourth-order valence-corrected chi connectivity index (χ4v) is 18.5. The van der Waals surface area contributed by atoms with E-state index < -0.39 is 34.8 Å². The number of hydrogen-bond donors (Lipinski definition) is 2. The number of imidazole rings is 2. The van der Waals surface area contributed by atoms with Crippen LogP contribution in [0, 0.1) is 25.5 Å². The van der Waals surface area contributed by atoms with Crippen molar-refractivity contribution in [2.24, 2.45) is 0 Å². The van der Waals surface area contributed by atoms with Crippen molar-refractivity contribution in [3.05, 3.63) is 130 Å². The Morgan fingerprint density at radius 3 is 1.37 bits per heavy atom. The number of pyridine rings is 2. The number of nitrogens with one attached hydrogen (secondary N) is 2. The molecule has 24 heteroatoms. The van der Waals surface area contributed by atoms with E-state index in [1.165, 1.54) is 38.4 Å². The Bertz CT molecular complexity index is 4760. The summed E-state index contributed by atoms with van der Waals surface area (Å²) in [6, 6.07) is 22.7. The SMILES string of the molecule is CNC(=O)c1cc(Oc2nc(-c3ccc4c(c3)N(C3CC(N5CCC[C@@H](F)C5)C3)C(=O)C43CCCCC3)cc3ncn(C(C)C)c23)c(F)cc1C.CNC(=O)c1cc(Oc2nc(-c3ccc4c(c3)N(C3CC(N5CCC[C@@H](F)C5)C3)C(=O)C43CCN(C4COC4)CC3)cc3ncn(C(C)C)c23)c(F)cc1C. The number of halogens is 4. The zero-order valence-corrected chi connectivity index (χ0v) is 61.8. The number of fused-ring (bicyclic) bond motifs is 6. The molecule has 0 unspecified atom stereocenters. The summed E-state index contributed by atoms with van der Waals surface area (Å²) < 4.78 is 81.5. The van der Waals surface area contributed by atoms with E-state index in [4.69, 9.17) is 29.2 Å². The first-order chi connectivity index (χ1) is 51.1. The van der Waals surface area contributed by atoms with E-state index in [0.29, 0.717) is 93.7 Å². The molecule has 0 radical (unpaired) electrons. The van der Waals surface area contributed by atoms with Gasteiger partial charge in [-0.2, -0.15) is 0 Å². The van der Waals surface area contributed by atoms with E-state index in [2.05, 4.69) is 64.4 Å². The smallest absolute Gasteiger partial charge is 0.251 e. The molecule has 2 atom stereocenters. The van der Waals surface area contributed by atoms with Gasteiger partial charge in [0.2, 0.25) is 23.6 Å². The van der Waals surface area contributed by atoms with Gasteiger partial charge in [-0.25, -0.2) is 37.5 Å². The summed E-state index contributed by atoms with van der Waals surface area (Å²) in [5.74, 6) is -1.44. The lowest BCUT2D eigenvalue weighted by Crippen LogP contribution is -2.60. The molecule has 2 N–H and O–H groups in total. The van der Waals surface area contributed by atoms with E-state index in [0.717, 1.165) is 156 Å². The largest absolute Gasteiger partial charge is 0.434 e. The molecule has 7 fully saturated rings. The van der Waals surface area contributed by atoms with Crippen LogP contribution in [0.25, 0.3) is 44.6 Å². The van der Waals surface area contributed by atoms with Crippen molar-refractivity contribution in [1.29, 1.82) is 0 Å². The molecule has 3 saturated carbocycles. The number of aromatic nitrogens is 6. The van der Waals surface area contributed by atoms with Gasteiger partial charge in [0, 0.05) is 97.1 Å². The van der Waals surface area contributed by atoms with Gasteiger partial charge in [0.05, 0.1) is 65.2 Å². The van der Waals surface area contributed by atoms with Crippen molar-refractivity contribution in [3.8, 4) is 45.8 Å². The first-order valence-electron chi connectivity index (χ1n) is 38.3. The predicted molar refractivity (Wildman–Crippen MR) is 398 cm³/mol. The second-order valence-electron chi connectivity index (χ2n) is 31.7. The van der Waals surface area contributed by atoms with Crippen LogP contribution in [0.3, 0.4) is 0 Å². The molecule has 17 rings (SSSR count). The highest BCUT2D eigenvalue weighted by atomic mass is 19.1. The van der Waals surface area contributed by atoms with Gasteiger partial charge in [-0.3, -0.25) is 33.9 Å². The summed E-state index contributed by atoms with van der Waals surface area (Å²) in [5.41, 5.74) is 9.66. The Hall–Kier alpha value is -8.84. The number of amides is 4. The van der Waals surface area contributed by atoms with Crippen LogP contribution in [0.15, 0.2) is 85.5 Å². The van der Waals surface area contributed by atoms with Crippen molar-refractivity contribution < 1.29 is 51.0 Å². The van der Waals surface area contributed by atoms with E-state index in [1.807, 2.05) is 61.1 Å². The number of ether oxygens (including phenoxy) is 3. The molecular formula is C82H95F4N13O7. The minimum absolute atomic E-state index is 0.00955. The third-order valence-electron chi connectivity index (χ3n) is 24.7. The van der Waals surface area contributed by atoms with Gasteiger partial charge in [-0.05, 0) is 216 Å². The number of anilines is 2. The highest BCUT2D eigenvalue weighted by Gasteiger charge is 2.58. The summed E-state index contributed by atoms with van der Waals surface area (Å²) in [7, 11) is 3.06. The van der Waals surface area contributed by atoms with Gasteiger partial charge >= 0.3 is 0 Å². The lowest BCUT2D eigenvalue weighted by atomic mass is 9.70. The van der Waals surface area contributed by atoms with Gasteiger partial charge in [0.1, 0.15) is 23.4 Å². The molecule has 0 bridgehead atoms. The number of likely N-dealkylation sites (tertiary alicyclic amines) is 3. The molecule has 8 aromatic rings. The van der Waals surface area contributed by atoms with Gasteiger partial charge < -0.3 is 43.8 Å². The van der Waals surface area contributed by atoms with Crippen molar-refractivity contribution >= 4 is 57.1 Å². The van der Waals surface area contributed by atoms with Crippen molar-refractivity contribution in [2.75, 3.05) is 76.4 Å². The molecule has 2 spiro atoms. The standard InChI is InChI=1S/C42H49F2N7O4.C40H46F2N6O3/c1-24(2)50-23-46-35-19-34(47-40(38(35)50)55-37-18-31(39(52)45-4)25(3)14-33(37)44)26-7-8-32-36(15-26)51(29-16-28(17-29)49-11-5-6-27(43)20-49)41(53)42(32)9-12-48(13-10-42)30-21-54-22-30;1-23(2)47-22-44-33-20-32(45-38(36(33)47)51-35-19-29(37(49)43-4)24(3)15-31(35)42)25-10-11-30-34(16-25)48(39(50)40(30)12-6-5-7-13-40)28-17-27(18-28)46-14-8-9-26(41)21-46/h7-8,14-15,18-19,23-24,27-30H,5-6,9-13,16-17,20-22H2,1-4H3,(H,45,52);10-11,15-16,19-20,22-23,26-28H,5-9,12-14,17-18,21H2,1-4H3,(H,43,49)/t27-,28?,29?;26-,27?,28?/m11/s1. The maximum absolute atomic E-state index is 15.5. The molecule has 4 aromatic carbocycles. The quantitative estimate of drug-likeness (QED) is 0.0919. The van der Waals surface area contributed by atoms with Gasteiger partial charge in [-0.1, -0.05) is 43.5 Å². The molecule has 6 aliphatic heterocycles. The fourth-order valence-electron chi connectivity index (χ4n) is 18.5. The highest BCUT2D eigenvalue weighted by Crippen LogP contribution is 2.56. The predicted octanol–water partition coefficient (Wildman–Crippen LogP) is 14.1. The van der Waals surface area contributed by atoms with Gasteiger partial charge in [0.15, 0.2) is 23.1 Å². The molecule has 4 saturated heterocycles. The number of carbonyl (C=O) groups excluding carboxylic acids is 4. The van der Waals surface area contributed by atoms with Crippen LogP contribution in [-0.4, -0.2) is 177 Å². The Morgan fingerprint density at radius 2 is 0.972 bits per heavy atom. The monoisotopic (exact) mass is 1450 g/mol. The van der Waals surface area contributed by atoms with Crippen LogP contribution < -0.4 is 29.9 Å². The van der Waals surface area contributed by atoms with E-state index in [9.17, 15) is 28.0 Å². The summed E-state index contributed by atoms with van der Waals surface area (Å²) in [5, 5.41) is 5.22. The van der Waals surface area contributed by atoms with Crippen molar-refractivity contribution in [2.45, 2.75) is 203 Å². The zero-order valence-electron chi connectivity index (χ0n) is 61.8. The second-order valence-corrected chi connectivity index (χ2v) is 31.7. The zero-order chi connectivity index (χ0) is 73.8. The van der Waals surface area contributed by atoms with E-state index >= 15 is 8.78 Å². The van der Waals surface area contributed by atoms with Crippen molar-refractivity contribution in [3.63, 3.8) is 0 Å². The molecule has 20 nitrogen and oxygen atoms in total. The van der Waals surface area contributed by atoms with Gasteiger partial charge in [0.25, 0.3) is 11.8 Å². The van der Waals surface area contributed by atoms with Crippen LogP contribution in [0.1, 0.15) is 179 Å². The summed E-state index contributed by atoms with van der Waals surface area (Å²) in [6.45, 7) is 17.4. The molecule has 4 amide bonds. The van der Waals surface area contributed by atoms with E-state index in [-0.39, 0.29) is 77.1 Å². The minimum atomic E-state index is -0.787. The Labute approximate surface area is 615 Å². The molecule has 558 valence electrons. The fraction of sp³-hybridized carbons (Fsp3) is 0.512. The highest BCUT2D eigenvalue weighted by molar-refractivity contribution is 6.11. The number of alkyl halides is 2. The third kappa shape index (κ3) is 12.6. The summed E-state index contributed by atoms with van der Waals surface area (Å²) in [6.07, 6.45) is 14.6. The first-order valence-corrected chi connectivity index (χ1v) is 38.3. The average molecular weight is 1450 g/mol. The number of carbonyl (C=O) groups is 4. The number of piperidine rings is 3. The minimum Gasteiger partial charge on any atom is -0.434 e. The maximum Gasteiger partial charge on any atom is 0.251 e. The summed E-state index contributed by atoms with van der Waals surface area (Å²) in [4.78, 5) is 85.1. The number of nitrogens with zero attached hydrogens (tertiary/aromatic N) is 11. The van der Waals surface area contributed by atoms with Gasteiger partial charge in [-0.15, -0.1) is 0 Å². The molecule has 3 aliphatic carbocycles. The molecule has 4 aromatic heterocycles. The topological polar surface area (TPSA) is 198 Å². The number of aryl methyl sites for hydroxylation is 2. The van der Waals surface area contributed by atoms with Crippen molar-refractivity contribution in [1.82, 2.24) is 54.4 Å². The molecule has 10 heterocycles.